The van der Waals surface area contributed by atoms with Gasteiger partial charge in [-0.15, -0.1) is 0 Å². The number of aryl methyl sites for hydroxylation is 1. The lowest BCUT2D eigenvalue weighted by atomic mass is 10.1. The van der Waals surface area contributed by atoms with Crippen LogP contribution in [0.1, 0.15) is 22.3 Å². The first kappa shape index (κ1) is 19.6. The molecule has 0 radical (unpaired) electrons. The third-order valence-electron chi connectivity index (χ3n) is 4.02. The minimum Gasteiger partial charge on any atom is -0.355 e. The van der Waals surface area contributed by atoms with E-state index in [0.29, 0.717) is 17.5 Å². The van der Waals surface area contributed by atoms with E-state index in [4.69, 9.17) is 11.6 Å². The molecule has 0 saturated carbocycles. The van der Waals surface area contributed by atoms with E-state index in [9.17, 15) is 4.79 Å². The third-order valence-corrected chi connectivity index (χ3v) is 4.27. The van der Waals surface area contributed by atoms with Crippen LogP contribution in [0.5, 0.6) is 0 Å². The number of carbonyl (C=O) groups excluding carboxylic acids is 1. The molecule has 7 nitrogen and oxygen atoms in total. The van der Waals surface area contributed by atoms with Crippen molar-refractivity contribution in [1.82, 2.24) is 20.3 Å². The highest BCUT2D eigenvalue weighted by Crippen LogP contribution is 2.15. The van der Waals surface area contributed by atoms with Crippen molar-refractivity contribution in [2.75, 3.05) is 24.2 Å². The van der Waals surface area contributed by atoms with Crippen LogP contribution >= 0.6 is 11.6 Å². The fourth-order valence-electron chi connectivity index (χ4n) is 2.60. The number of hydrogen-bond donors (Lipinski definition) is 3. The molecule has 1 heterocycles. The average Bonchev–Trinajstić information content (AvgIpc) is 2.72. The van der Waals surface area contributed by atoms with Crippen LogP contribution in [0.25, 0.3) is 0 Å². The van der Waals surface area contributed by atoms with Crippen LogP contribution in [0.15, 0.2) is 54.9 Å². The van der Waals surface area contributed by atoms with Gasteiger partial charge in [-0.1, -0.05) is 29.8 Å². The van der Waals surface area contributed by atoms with Crippen molar-refractivity contribution in [3.63, 3.8) is 0 Å². The van der Waals surface area contributed by atoms with Gasteiger partial charge in [0.25, 0.3) is 5.91 Å². The summed E-state index contributed by atoms with van der Waals surface area (Å²) < 4.78 is 0. The number of aromatic nitrogens is 3. The Morgan fingerprint density at radius 1 is 1.07 bits per heavy atom. The Morgan fingerprint density at radius 2 is 1.86 bits per heavy atom. The molecule has 0 spiro atoms. The van der Waals surface area contributed by atoms with Gasteiger partial charge in [0.05, 0.1) is 0 Å². The van der Waals surface area contributed by atoms with Crippen molar-refractivity contribution in [3.05, 3.63) is 71.0 Å². The zero-order valence-electron chi connectivity index (χ0n) is 15.4. The van der Waals surface area contributed by atoms with Crippen molar-refractivity contribution in [2.24, 2.45) is 0 Å². The Hall–Kier alpha value is -3.19. The van der Waals surface area contributed by atoms with Crippen molar-refractivity contribution in [2.45, 2.75) is 12.8 Å². The molecule has 1 aromatic heterocycles. The number of carbonyl (C=O) groups is 1. The van der Waals surface area contributed by atoms with Gasteiger partial charge in [-0.2, -0.15) is 4.98 Å². The van der Waals surface area contributed by atoms with E-state index in [0.717, 1.165) is 30.1 Å². The molecule has 3 N–H and O–H groups in total. The fraction of sp³-hybridized carbons (Fsp3) is 0.200. The predicted octanol–water partition coefficient (Wildman–Crippen LogP) is 3.67. The van der Waals surface area contributed by atoms with Gasteiger partial charge < -0.3 is 16.0 Å². The number of nitrogens with zero attached hydrogens (tertiary/aromatic N) is 3. The van der Waals surface area contributed by atoms with Crippen molar-refractivity contribution < 1.29 is 4.79 Å². The number of rotatable bonds is 8. The molecular formula is C20H21ClN6O. The summed E-state index contributed by atoms with van der Waals surface area (Å²) in [4.78, 5) is 24.4. The molecule has 0 bridgehead atoms. The van der Waals surface area contributed by atoms with E-state index in [1.54, 1.807) is 25.2 Å². The van der Waals surface area contributed by atoms with Gasteiger partial charge in [-0.05, 0) is 48.7 Å². The fourth-order valence-corrected chi connectivity index (χ4v) is 2.72. The summed E-state index contributed by atoms with van der Waals surface area (Å²) in [6.45, 7) is 0.734. The van der Waals surface area contributed by atoms with Crippen LogP contribution in [0.4, 0.5) is 17.6 Å². The van der Waals surface area contributed by atoms with Crippen molar-refractivity contribution in [3.8, 4) is 0 Å². The van der Waals surface area contributed by atoms with E-state index in [2.05, 4.69) is 30.9 Å². The Labute approximate surface area is 168 Å². The lowest BCUT2D eigenvalue weighted by Crippen LogP contribution is -2.17. The van der Waals surface area contributed by atoms with E-state index in [-0.39, 0.29) is 5.91 Å². The topological polar surface area (TPSA) is 91.8 Å². The highest BCUT2D eigenvalue weighted by molar-refractivity contribution is 6.30. The highest BCUT2D eigenvalue weighted by atomic mass is 35.5. The molecule has 0 unspecified atom stereocenters. The van der Waals surface area contributed by atoms with Crippen LogP contribution in [0.3, 0.4) is 0 Å². The molecule has 0 aliphatic heterocycles. The van der Waals surface area contributed by atoms with Gasteiger partial charge in [-0.3, -0.25) is 4.79 Å². The summed E-state index contributed by atoms with van der Waals surface area (Å²) in [5.74, 6) is 0.752. The molecule has 1 amide bonds. The van der Waals surface area contributed by atoms with Gasteiger partial charge in [0, 0.05) is 29.9 Å². The summed E-state index contributed by atoms with van der Waals surface area (Å²) in [5.41, 5.74) is 2.52. The number of benzene rings is 2. The van der Waals surface area contributed by atoms with Crippen LogP contribution in [-0.4, -0.2) is 34.5 Å². The summed E-state index contributed by atoms with van der Waals surface area (Å²) in [6.07, 6.45) is 3.32. The maximum absolute atomic E-state index is 11.7. The standard InChI is InChI=1S/C20H21ClN6O/c1-22-18(28)15-5-2-6-17(12-15)26-20-25-13-24-19(27-20)23-11-3-4-14-7-9-16(21)10-8-14/h2,5-10,12-13H,3-4,11H2,1H3,(H,22,28)(H2,23,24,25,26,27). The molecular weight excluding hydrogens is 376 g/mol. The minimum atomic E-state index is -0.151. The van der Waals surface area contributed by atoms with Gasteiger partial charge in [0.1, 0.15) is 6.33 Å². The van der Waals surface area contributed by atoms with E-state index < -0.39 is 0 Å². The number of nitrogens with one attached hydrogen (secondary N) is 3. The number of amides is 1. The van der Waals surface area contributed by atoms with Crippen LogP contribution in [-0.2, 0) is 6.42 Å². The Bertz CT molecular complexity index is 932. The first-order valence-electron chi connectivity index (χ1n) is 8.90. The first-order valence-corrected chi connectivity index (χ1v) is 9.28. The minimum absolute atomic E-state index is 0.151. The predicted molar refractivity (Wildman–Crippen MR) is 111 cm³/mol. The van der Waals surface area contributed by atoms with Crippen LogP contribution in [0.2, 0.25) is 5.02 Å². The zero-order valence-corrected chi connectivity index (χ0v) is 16.2. The zero-order chi connectivity index (χ0) is 19.8. The Morgan fingerprint density at radius 3 is 2.64 bits per heavy atom. The lowest BCUT2D eigenvalue weighted by molar-refractivity contribution is 0.0963. The summed E-state index contributed by atoms with van der Waals surface area (Å²) in [6, 6.07) is 15.0. The SMILES string of the molecule is CNC(=O)c1cccc(Nc2ncnc(NCCCc3ccc(Cl)cc3)n2)c1. The second-order valence-electron chi connectivity index (χ2n) is 6.07. The van der Waals surface area contributed by atoms with Crippen molar-refractivity contribution >= 4 is 35.1 Å². The Kier molecular flexibility index (Phi) is 6.75. The molecule has 0 saturated heterocycles. The Balaban J connectivity index is 1.54. The maximum atomic E-state index is 11.7. The number of halogens is 1. The second kappa shape index (κ2) is 9.66. The quantitative estimate of drug-likeness (QED) is 0.503. The first-order chi connectivity index (χ1) is 13.6. The maximum Gasteiger partial charge on any atom is 0.251 e. The molecule has 3 rings (SSSR count). The van der Waals surface area contributed by atoms with Crippen LogP contribution in [0, 0.1) is 0 Å². The molecule has 144 valence electrons. The van der Waals surface area contributed by atoms with Gasteiger partial charge in [-0.25, -0.2) is 9.97 Å². The number of hydrogen-bond acceptors (Lipinski definition) is 6. The van der Waals surface area contributed by atoms with Crippen molar-refractivity contribution in [1.29, 1.82) is 0 Å². The van der Waals surface area contributed by atoms with E-state index in [1.807, 2.05) is 30.3 Å². The molecule has 28 heavy (non-hydrogen) atoms. The van der Waals surface area contributed by atoms with Gasteiger partial charge in [0.2, 0.25) is 11.9 Å². The lowest BCUT2D eigenvalue weighted by Gasteiger charge is -2.08. The van der Waals surface area contributed by atoms with Gasteiger partial charge in [0.15, 0.2) is 0 Å². The normalized spacial score (nSPS) is 10.4. The second-order valence-corrected chi connectivity index (χ2v) is 6.51. The summed E-state index contributed by atoms with van der Waals surface area (Å²) in [7, 11) is 1.60. The highest BCUT2D eigenvalue weighted by Gasteiger charge is 2.06. The molecule has 0 fully saturated rings. The smallest absolute Gasteiger partial charge is 0.251 e. The molecule has 0 atom stereocenters. The van der Waals surface area contributed by atoms with E-state index >= 15 is 0 Å². The van der Waals surface area contributed by atoms with E-state index in [1.165, 1.54) is 11.9 Å². The molecule has 2 aromatic carbocycles. The number of anilines is 3. The molecule has 0 aliphatic carbocycles. The molecule has 8 heteroatoms. The molecule has 0 aliphatic rings. The summed E-state index contributed by atoms with van der Waals surface area (Å²) in [5, 5.41) is 9.63. The van der Waals surface area contributed by atoms with Crippen LogP contribution < -0.4 is 16.0 Å². The average molecular weight is 397 g/mol. The molecule has 3 aromatic rings. The van der Waals surface area contributed by atoms with Gasteiger partial charge >= 0.3 is 0 Å². The largest absolute Gasteiger partial charge is 0.355 e. The summed E-state index contributed by atoms with van der Waals surface area (Å²) >= 11 is 5.90. The monoisotopic (exact) mass is 396 g/mol. The third kappa shape index (κ3) is 5.65.